The van der Waals surface area contributed by atoms with Crippen LogP contribution in [0, 0.1) is 0 Å². The van der Waals surface area contributed by atoms with Gasteiger partial charge in [0.2, 0.25) is 0 Å². The molecule has 0 atom stereocenters. The van der Waals surface area contributed by atoms with Crippen LogP contribution in [-0.2, 0) is 16.6 Å². The Morgan fingerprint density at radius 3 is 2.71 bits per heavy atom. The lowest BCUT2D eigenvalue weighted by molar-refractivity contribution is 0.598. The highest BCUT2D eigenvalue weighted by molar-refractivity contribution is 7.92. The molecule has 0 aliphatic heterocycles. The zero-order valence-electron chi connectivity index (χ0n) is 11.0. The van der Waals surface area contributed by atoms with Crippen molar-refractivity contribution in [2.75, 3.05) is 4.72 Å². The fraction of sp³-hybridized carbons (Fsp3) is 0.0769. The van der Waals surface area contributed by atoms with Gasteiger partial charge in [-0.25, -0.2) is 4.98 Å². The van der Waals surface area contributed by atoms with E-state index < -0.39 is 10.0 Å². The van der Waals surface area contributed by atoms with Crippen molar-refractivity contribution in [3.05, 3.63) is 60.8 Å². The first-order valence-corrected chi connectivity index (χ1v) is 7.69. The molecule has 3 rings (SSSR count). The molecule has 2 aromatic heterocycles. The molecular formula is C13H13N5O2S. The molecule has 0 aliphatic carbocycles. The summed E-state index contributed by atoms with van der Waals surface area (Å²) < 4.78 is 28.1. The van der Waals surface area contributed by atoms with E-state index in [-0.39, 0.29) is 5.03 Å². The van der Waals surface area contributed by atoms with Gasteiger partial charge in [-0.3, -0.25) is 9.40 Å². The van der Waals surface area contributed by atoms with Gasteiger partial charge < -0.3 is 4.98 Å². The van der Waals surface area contributed by atoms with Gasteiger partial charge in [0.1, 0.15) is 0 Å². The van der Waals surface area contributed by atoms with Crippen LogP contribution in [-0.4, -0.2) is 28.2 Å². The van der Waals surface area contributed by atoms with Gasteiger partial charge in [0.15, 0.2) is 5.03 Å². The molecule has 0 unspecified atom stereocenters. The Morgan fingerprint density at radius 1 is 1.19 bits per heavy atom. The number of hydrogen-bond acceptors (Lipinski definition) is 4. The van der Waals surface area contributed by atoms with E-state index in [1.807, 2.05) is 30.3 Å². The minimum absolute atomic E-state index is 0.0123. The number of nitrogens with zero attached hydrogens (tertiary/aromatic N) is 3. The van der Waals surface area contributed by atoms with Crippen LogP contribution < -0.4 is 4.72 Å². The van der Waals surface area contributed by atoms with Gasteiger partial charge in [0, 0.05) is 6.20 Å². The smallest absolute Gasteiger partial charge is 0.279 e. The fourth-order valence-corrected chi connectivity index (χ4v) is 2.81. The van der Waals surface area contributed by atoms with E-state index in [1.165, 1.54) is 18.7 Å². The van der Waals surface area contributed by atoms with Gasteiger partial charge in [0.25, 0.3) is 10.0 Å². The SMILES string of the molecule is O=S(=O)(Nc1cnn(Cc2ccccc2)c1)c1cnc[nH]1. The Hall–Kier alpha value is -2.61. The summed E-state index contributed by atoms with van der Waals surface area (Å²) in [7, 11) is -3.65. The lowest BCUT2D eigenvalue weighted by Crippen LogP contribution is -2.12. The molecule has 0 saturated carbocycles. The third kappa shape index (κ3) is 3.11. The maximum absolute atomic E-state index is 12.0. The molecule has 7 nitrogen and oxygen atoms in total. The second-order valence-corrected chi connectivity index (χ2v) is 6.08. The summed E-state index contributed by atoms with van der Waals surface area (Å²) in [5.74, 6) is 0. The Morgan fingerprint density at radius 2 is 2.00 bits per heavy atom. The van der Waals surface area contributed by atoms with Gasteiger partial charge in [-0.15, -0.1) is 0 Å². The molecule has 0 radical (unpaired) electrons. The van der Waals surface area contributed by atoms with Crippen molar-refractivity contribution in [3.8, 4) is 0 Å². The van der Waals surface area contributed by atoms with Crippen LogP contribution in [0.3, 0.4) is 0 Å². The van der Waals surface area contributed by atoms with E-state index in [0.29, 0.717) is 12.2 Å². The highest BCUT2D eigenvalue weighted by atomic mass is 32.2. The quantitative estimate of drug-likeness (QED) is 0.746. The number of aromatic nitrogens is 4. The van der Waals surface area contributed by atoms with Crippen LogP contribution in [0.5, 0.6) is 0 Å². The second kappa shape index (κ2) is 5.41. The summed E-state index contributed by atoms with van der Waals surface area (Å²) in [5, 5.41) is 4.15. The van der Waals surface area contributed by atoms with Gasteiger partial charge in [0.05, 0.1) is 31.0 Å². The van der Waals surface area contributed by atoms with E-state index in [0.717, 1.165) is 5.56 Å². The summed E-state index contributed by atoms with van der Waals surface area (Å²) in [6, 6.07) is 9.80. The predicted molar refractivity (Wildman–Crippen MR) is 77.2 cm³/mol. The first kappa shape index (κ1) is 13.4. The van der Waals surface area contributed by atoms with Crippen LogP contribution in [0.25, 0.3) is 0 Å². The third-order valence-corrected chi connectivity index (χ3v) is 4.14. The Bertz CT molecular complexity index is 809. The zero-order valence-corrected chi connectivity index (χ0v) is 11.8. The van der Waals surface area contributed by atoms with Crippen molar-refractivity contribution in [1.29, 1.82) is 0 Å². The third-order valence-electron chi connectivity index (χ3n) is 2.84. The average molecular weight is 303 g/mol. The van der Waals surface area contributed by atoms with Crippen molar-refractivity contribution in [2.45, 2.75) is 11.6 Å². The number of H-pyrrole nitrogens is 1. The Balaban J connectivity index is 1.74. The minimum Gasteiger partial charge on any atom is -0.334 e. The first-order chi connectivity index (χ1) is 10.1. The van der Waals surface area contributed by atoms with Gasteiger partial charge >= 0.3 is 0 Å². The zero-order chi connectivity index (χ0) is 14.7. The van der Waals surface area contributed by atoms with E-state index in [4.69, 9.17) is 0 Å². The topological polar surface area (TPSA) is 92.7 Å². The average Bonchev–Trinajstić information content (AvgIpc) is 3.11. The number of nitrogens with one attached hydrogen (secondary N) is 2. The monoisotopic (exact) mass is 303 g/mol. The number of anilines is 1. The molecule has 0 amide bonds. The van der Waals surface area contributed by atoms with E-state index in [2.05, 4.69) is 19.8 Å². The molecule has 0 aliphatic rings. The lowest BCUT2D eigenvalue weighted by Gasteiger charge is -2.03. The first-order valence-electron chi connectivity index (χ1n) is 6.21. The lowest BCUT2D eigenvalue weighted by atomic mass is 10.2. The highest BCUT2D eigenvalue weighted by Gasteiger charge is 2.16. The number of imidazole rings is 1. The van der Waals surface area contributed by atoms with Crippen molar-refractivity contribution in [1.82, 2.24) is 19.7 Å². The van der Waals surface area contributed by atoms with Gasteiger partial charge in [-0.2, -0.15) is 13.5 Å². The molecule has 0 saturated heterocycles. The maximum atomic E-state index is 12.0. The normalized spacial score (nSPS) is 11.4. The van der Waals surface area contributed by atoms with Crippen molar-refractivity contribution in [3.63, 3.8) is 0 Å². The number of rotatable bonds is 5. The van der Waals surface area contributed by atoms with Gasteiger partial charge in [-0.05, 0) is 5.56 Å². The fourth-order valence-electron chi connectivity index (χ4n) is 1.87. The predicted octanol–water partition coefficient (Wildman–Crippen LogP) is 1.46. The molecule has 0 bridgehead atoms. The number of sulfonamides is 1. The maximum Gasteiger partial charge on any atom is 0.279 e. The molecule has 108 valence electrons. The van der Waals surface area contributed by atoms with E-state index in [9.17, 15) is 8.42 Å². The van der Waals surface area contributed by atoms with E-state index in [1.54, 1.807) is 10.9 Å². The summed E-state index contributed by atoms with van der Waals surface area (Å²) in [6.07, 6.45) is 5.67. The Kier molecular flexibility index (Phi) is 3.44. The summed E-state index contributed by atoms with van der Waals surface area (Å²) in [6.45, 7) is 0.576. The van der Waals surface area contributed by atoms with Crippen LogP contribution in [0.2, 0.25) is 0 Å². The second-order valence-electron chi connectivity index (χ2n) is 4.43. The van der Waals surface area contributed by atoms with Gasteiger partial charge in [-0.1, -0.05) is 30.3 Å². The molecular weight excluding hydrogens is 290 g/mol. The molecule has 2 N–H and O–H groups in total. The highest BCUT2D eigenvalue weighted by Crippen LogP contribution is 2.13. The van der Waals surface area contributed by atoms with Crippen LogP contribution >= 0.6 is 0 Å². The molecule has 21 heavy (non-hydrogen) atoms. The molecule has 1 aromatic carbocycles. The number of aromatic amines is 1. The summed E-state index contributed by atoms with van der Waals surface area (Å²) in [5.41, 5.74) is 1.49. The number of benzene rings is 1. The molecule has 3 aromatic rings. The number of hydrogen-bond donors (Lipinski definition) is 2. The largest absolute Gasteiger partial charge is 0.334 e. The van der Waals surface area contributed by atoms with Crippen molar-refractivity contribution in [2.24, 2.45) is 0 Å². The van der Waals surface area contributed by atoms with Crippen molar-refractivity contribution >= 4 is 15.7 Å². The molecule has 0 fully saturated rings. The van der Waals surface area contributed by atoms with Crippen LogP contribution in [0.15, 0.2) is 60.3 Å². The molecule has 0 spiro atoms. The van der Waals surface area contributed by atoms with Crippen LogP contribution in [0.1, 0.15) is 5.56 Å². The molecule has 8 heteroatoms. The summed E-state index contributed by atoms with van der Waals surface area (Å²) >= 11 is 0. The molecule has 2 heterocycles. The van der Waals surface area contributed by atoms with Crippen molar-refractivity contribution < 1.29 is 8.42 Å². The minimum atomic E-state index is -3.65. The van der Waals surface area contributed by atoms with E-state index >= 15 is 0 Å². The standard InChI is InChI=1S/C13H13N5O2S/c19-21(20,13-7-14-10-15-13)17-12-6-16-18(9-12)8-11-4-2-1-3-5-11/h1-7,9-10,17H,8H2,(H,14,15). The summed E-state index contributed by atoms with van der Waals surface area (Å²) in [4.78, 5) is 6.25. The van der Waals surface area contributed by atoms with Crippen LogP contribution in [0.4, 0.5) is 5.69 Å². The Labute approximate surface area is 121 Å².